The summed E-state index contributed by atoms with van der Waals surface area (Å²) in [6.07, 6.45) is 5.67. The quantitative estimate of drug-likeness (QED) is 0.303. The van der Waals surface area contributed by atoms with E-state index < -0.39 is 15.8 Å². The van der Waals surface area contributed by atoms with E-state index in [1.165, 1.54) is 24.3 Å². The van der Waals surface area contributed by atoms with Crippen molar-refractivity contribution in [3.8, 4) is 11.1 Å². The maximum atomic E-state index is 15.0. The number of nitrogens with two attached hydrogens (primary N) is 1. The number of benzene rings is 3. The van der Waals surface area contributed by atoms with E-state index in [0.29, 0.717) is 23.1 Å². The Labute approximate surface area is 214 Å². The zero-order chi connectivity index (χ0) is 25.3. The van der Waals surface area contributed by atoms with Gasteiger partial charge >= 0.3 is 0 Å². The van der Waals surface area contributed by atoms with Gasteiger partial charge in [0.05, 0.1) is 16.2 Å². The second kappa shape index (κ2) is 10.0. The summed E-state index contributed by atoms with van der Waals surface area (Å²) in [5.41, 5.74) is 7.78. The van der Waals surface area contributed by atoms with Gasteiger partial charge in [-0.1, -0.05) is 29.8 Å². The van der Waals surface area contributed by atoms with Crippen LogP contribution in [0, 0.1) is 5.82 Å². The Morgan fingerprint density at radius 1 is 1.00 bits per heavy atom. The number of hydrogen-bond donors (Lipinski definition) is 3. The van der Waals surface area contributed by atoms with Gasteiger partial charge in [-0.15, -0.1) is 0 Å². The molecule has 1 fully saturated rings. The van der Waals surface area contributed by atoms with Crippen LogP contribution in [0.2, 0.25) is 5.02 Å². The van der Waals surface area contributed by atoms with E-state index in [1.54, 1.807) is 24.4 Å². The Balaban J connectivity index is 1.34. The van der Waals surface area contributed by atoms with Crippen molar-refractivity contribution in [1.29, 1.82) is 0 Å². The standard InChI is InChI=1S/C26H25ClFN5O2S/c27-22-3-1-2-4-25(22)36(34,35)33-20-10-11-21(23(28)14-20)16-5-12-24-17(13-16)15-30-26(32-24)31-19-8-6-18(29)7-9-19/h1-5,10-15,18-19,33H,6-9,29H2,(H,30,31,32)/t18-,19-. The van der Waals surface area contributed by atoms with Crippen molar-refractivity contribution in [2.45, 2.75) is 42.7 Å². The van der Waals surface area contributed by atoms with Crippen molar-refractivity contribution < 1.29 is 12.8 Å². The highest BCUT2D eigenvalue weighted by atomic mass is 35.5. The van der Waals surface area contributed by atoms with Crippen LogP contribution in [0.3, 0.4) is 0 Å². The summed E-state index contributed by atoms with van der Waals surface area (Å²) in [4.78, 5) is 8.96. The summed E-state index contributed by atoms with van der Waals surface area (Å²) in [5.74, 6) is 0.000443. The Morgan fingerprint density at radius 2 is 1.78 bits per heavy atom. The van der Waals surface area contributed by atoms with Crippen molar-refractivity contribution in [1.82, 2.24) is 9.97 Å². The molecule has 5 rings (SSSR count). The lowest BCUT2D eigenvalue weighted by atomic mass is 9.92. The summed E-state index contributed by atoms with van der Waals surface area (Å²) < 4.78 is 42.7. The van der Waals surface area contributed by atoms with Gasteiger partial charge in [0.25, 0.3) is 10.0 Å². The molecular formula is C26H25ClFN5O2S. The predicted molar refractivity (Wildman–Crippen MR) is 141 cm³/mol. The predicted octanol–water partition coefficient (Wildman–Crippen LogP) is 5.57. The van der Waals surface area contributed by atoms with Crippen molar-refractivity contribution >= 4 is 44.2 Å². The number of fused-ring (bicyclic) bond motifs is 1. The molecule has 1 aliphatic rings. The van der Waals surface area contributed by atoms with E-state index in [4.69, 9.17) is 17.3 Å². The first kappa shape index (κ1) is 24.4. The minimum absolute atomic E-state index is 0.0772. The molecule has 0 spiro atoms. The van der Waals surface area contributed by atoms with Gasteiger partial charge in [-0.05, 0) is 73.7 Å². The third-order valence-corrected chi connectivity index (χ3v) is 8.22. The van der Waals surface area contributed by atoms with Crippen LogP contribution in [0.4, 0.5) is 16.0 Å². The largest absolute Gasteiger partial charge is 0.351 e. The van der Waals surface area contributed by atoms with E-state index in [1.807, 2.05) is 12.1 Å². The van der Waals surface area contributed by atoms with Crippen molar-refractivity contribution in [2.75, 3.05) is 10.0 Å². The molecular weight excluding hydrogens is 501 g/mol. The molecule has 1 heterocycles. The fourth-order valence-corrected chi connectivity index (χ4v) is 5.97. The van der Waals surface area contributed by atoms with Crippen LogP contribution < -0.4 is 15.8 Å². The minimum Gasteiger partial charge on any atom is -0.351 e. The molecule has 3 aromatic carbocycles. The van der Waals surface area contributed by atoms with Gasteiger partial charge in [-0.25, -0.2) is 22.8 Å². The number of aromatic nitrogens is 2. The van der Waals surface area contributed by atoms with Crippen molar-refractivity contribution in [2.24, 2.45) is 5.73 Å². The monoisotopic (exact) mass is 525 g/mol. The molecule has 0 bridgehead atoms. The molecule has 0 atom stereocenters. The van der Waals surface area contributed by atoms with Gasteiger partial charge in [0.1, 0.15) is 10.7 Å². The third kappa shape index (κ3) is 5.28. The molecule has 0 unspecified atom stereocenters. The zero-order valence-corrected chi connectivity index (χ0v) is 20.9. The van der Waals surface area contributed by atoms with Crippen LogP contribution in [0.15, 0.2) is 71.8 Å². The molecule has 1 aliphatic carbocycles. The molecule has 1 saturated carbocycles. The lowest BCUT2D eigenvalue weighted by Crippen LogP contribution is -2.33. The van der Waals surface area contributed by atoms with Crippen LogP contribution in [0.25, 0.3) is 22.0 Å². The highest BCUT2D eigenvalue weighted by molar-refractivity contribution is 7.92. The summed E-state index contributed by atoms with van der Waals surface area (Å²) in [6.45, 7) is 0. The van der Waals surface area contributed by atoms with Crippen LogP contribution in [0.5, 0.6) is 0 Å². The third-order valence-electron chi connectivity index (χ3n) is 6.34. The maximum absolute atomic E-state index is 15.0. The molecule has 0 aliphatic heterocycles. The molecule has 0 amide bonds. The fraction of sp³-hybridized carbons (Fsp3) is 0.231. The topological polar surface area (TPSA) is 110 Å². The van der Waals surface area contributed by atoms with E-state index in [0.717, 1.165) is 42.7 Å². The van der Waals surface area contributed by atoms with Crippen LogP contribution in [0.1, 0.15) is 25.7 Å². The Morgan fingerprint density at radius 3 is 2.53 bits per heavy atom. The molecule has 4 N–H and O–H groups in total. The summed E-state index contributed by atoms with van der Waals surface area (Å²) >= 11 is 6.01. The van der Waals surface area contributed by atoms with Gasteiger partial charge in [0, 0.05) is 29.2 Å². The van der Waals surface area contributed by atoms with Gasteiger partial charge < -0.3 is 11.1 Å². The number of nitrogens with one attached hydrogen (secondary N) is 2. The normalized spacial score (nSPS) is 18.2. The summed E-state index contributed by atoms with van der Waals surface area (Å²) in [5, 5.41) is 4.24. The average molecular weight is 526 g/mol. The van der Waals surface area contributed by atoms with E-state index in [9.17, 15) is 8.42 Å². The van der Waals surface area contributed by atoms with Gasteiger partial charge in [-0.3, -0.25) is 4.72 Å². The van der Waals surface area contributed by atoms with Gasteiger partial charge in [-0.2, -0.15) is 0 Å². The molecule has 36 heavy (non-hydrogen) atoms. The minimum atomic E-state index is -3.96. The second-order valence-corrected chi connectivity index (χ2v) is 11.0. The summed E-state index contributed by atoms with van der Waals surface area (Å²) in [7, 11) is -3.96. The van der Waals surface area contributed by atoms with Gasteiger partial charge in [0.2, 0.25) is 5.95 Å². The molecule has 10 heteroatoms. The highest BCUT2D eigenvalue weighted by Crippen LogP contribution is 2.30. The first-order valence-corrected chi connectivity index (χ1v) is 13.5. The SMILES string of the molecule is N[C@H]1CC[C@H](Nc2ncc3cc(-c4ccc(NS(=O)(=O)c5ccccc5Cl)cc4F)ccc3n2)CC1. The maximum Gasteiger partial charge on any atom is 0.263 e. The van der Waals surface area contributed by atoms with E-state index in [2.05, 4.69) is 20.0 Å². The van der Waals surface area contributed by atoms with E-state index >= 15 is 4.39 Å². The Kier molecular flexibility index (Phi) is 6.79. The Hall–Kier alpha value is -3.27. The number of sulfonamides is 1. The summed E-state index contributed by atoms with van der Waals surface area (Å²) in [6, 6.07) is 16.3. The first-order chi connectivity index (χ1) is 17.3. The van der Waals surface area contributed by atoms with E-state index in [-0.39, 0.29) is 21.6 Å². The molecule has 186 valence electrons. The Bertz CT molecular complexity index is 1520. The number of rotatable bonds is 6. The zero-order valence-electron chi connectivity index (χ0n) is 19.3. The molecule has 0 saturated heterocycles. The lowest BCUT2D eigenvalue weighted by Gasteiger charge is -2.26. The van der Waals surface area contributed by atoms with Crippen LogP contribution in [-0.2, 0) is 10.0 Å². The van der Waals surface area contributed by atoms with Crippen molar-refractivity contribution in [3.63, 3.8) is 0 Å². The van der Waals surface area contributed by atoms with Crippen LogP contribution in [-0.4, -0.2) is 30.5 Å². The molecule has 0 radical (unpaired) electrons. The van der Waals surface area contributed by atoms with Crippen LogP contribution >= 0.6 is 11.6 Å². The molecule has 1 aromatic heterocycles. The number of halogens is 2. The van der Waals surface area contributed by atoms with Crippen molar-refractivity contribution in [3.05, 3.63) is 77.7 Å². The number of hydrogen-bond acceptors (Lipinski definition) is 6. The van der Waals surface area contributed by atoms with Gasteiger partial charge in [0.15, 0.2) is 0 Å². The second-order valence-electron chi connectivity index (χ2n) is 8.95. The highest BCUT2D eigenvalue weighted by Gasteiger charge is 2.20. The molecule has 4 aromatic rings. The lowest BCUT2D eigenvalue weighted by molar-refractivity contribution is 0.410. The molecule has 7 nitrogen and oxygen atoms in total. The number of anilines is 2. The fourth-order valence-electron chi connectivity index (χ4n) is 4.40. The smallest absolute Gasteiger partial charge is 0.263 e. The first-order valence-electron chi connectivity index (χ1n) is 11.6. The average Bonchev–Trinajstić information content (AvgIpc) is 2.85. The number of nitrogens with zero attached hydrogens (tertiary/aromatic N) is 2.